The van der Waals surface area contributed by atoms with E-state index in [1.165, 1.54) is 12.1 Å². The minimum atomic E-state index is -0.253. The van der Waals surface area contributed by atoms with Gasteiger partial charge in [0.05, 0.1) is 19.3 Å². The Labute approximate surface area is 200 Å². The maximum absolute atomic E-state index is 13.3. The normalized spacial score (nSPS) is 19.0. The number of aromatic nitrogens is 1. The average Bonchev–Trinajstić information content (AvgIpc) is 2.75. The molecule has 2 heterocycles. The third-order valence-corrected chi connectivity index (χ3v) is 4.83. The van der Waals surface area contributed by atoms with Crippen LogP contribution in [0.15, 0.2) is 47.6 Å². The largest absolute Gasteiger partial charge is 0.475 e. The molecule has 0 aliphatic carbocycles. The number of nitrogens with one attached hydrogen (secondary N) is 1. The Kier molecular flexibility index (Phi) is 10.4. The number of methoxy groups -OCH3 is 1. The van der Waals surface area contributed by atoms with E-state index in [1.54, 1.807) is 32.5 Å². The molecule has 1 aromatic carbocycles. The van der Waals surface area contributed by atoms with Gasteiger partial charge in [-0.25, -0.2) is 9.37 Å². The van der Waals surface area contributed by atoms with Gasteiger partial charge in [-0.1, -0.05) is 18.2 Å². The summed E-state index contributed by atoms with van der Waals surface area (Å²) in [6.45, 7) is 4.83. The van der Waals surface area contributed by atoms with Crippen LogP contribution in [0.3, 0.4) is 0 Å². The Balaban J connectivity index is 0.00000341. The van der Waals surface area contributed by atoms with Gasteiger partial charge in [-0.2, -0.15) is 0 Å². The molecule has 2 unspecified atom stereocenters. The lowest BCUT2D eigenvalue weighted by molar-refractivity contribution is -0.0605. The molecule has 2 aromatic rings. The fourth-order valence-electron chi connectivity index (χ4n) is 3.40. The highest BCUT2D eigenvalue weighted by Gasteiger charge is 2.28. The second-order valence-electron chi connectivity index (χ2n) is 7.10. The lowest BCUT2D eigenvalue weighted by atomic mass is 10.1. The topological polar surface area (TPSA) is 68.2 Å². The van der Waals surface area contributed by atoms with E-state index >= 15 is 0 Å². The number of nitrogens with zero attached hydrogens (tertiary/aromatic N) is 3. The summed E-state index contributed by atoms with van der Waals surface area (Å²) in [6.07, 6.45) is 1.56. The van der Waals surface area contributed by atoms with Crippen molar-refractivity contribution in [3.63, 3.8) is 0 Å². The number of hydrogen-bond donors (Lipinski definition) is 1. The van der Waals surface area contributed by atoms with Gasteiger partial charge in [-0.05, 0) is 30.7 Å². The molecule has 0 spiro atoms. The van der Waals surface area contributed by atoms with Gasteiger partial charge in [-0.3, -0.25) is 4.99 Å². The molecule has 0 saturated carbocycles. The molecule has 7 nitrogen and oxygen atoms in total. The molecular weight excluding hydrogens is 514 g/mol. The van der Waals surface area contributed by atoms with Crippen molar-refractivity contribution in [3.8, 4) is 5.88 Å². The van der Waals surface area contributed by atoms with Crippen LogP contribution in [0, 0.1) is 5.82 Å². The first-order chi connectivity index (χ1) is 14.6. The van der Waals surface area contributed by atoms with Crippen LogP contribution in [0.5, 0.6) is 5.88 Å². The summed E-state index contributed by atoms with van der Waals surface area (Å²) in [4.78, 5) is 10.9. The van der Waals surface area contributed by atoms with Crippen LogP contribution in [0.25, 0.3) is 0 Å². The van der Waals surface area contributed by atoms with Crippen molar-refractivity contribution in [2.24, 2.45) is 4.99 Å². The van der Waals surface area contributed by atoms with Gasteiger partial charge in [0, 0.05) is 39.0 Å². The Morgan fingerprint density at radius 3 is 2.74 bits per heavy atom. The highest BCUT2D eigenvalue weighted by molar-refractivity contribution is 14.0. The second kappa shape index (κ2) is 12.8. The van der Waals surface area contributed by atoms with Gasteiger partial charge in [-0.15, -0.1) is 24.0 Å². The summed E-state index contributed by atoms with van der Waals surface area (Å²) in [5.74, 6) is 1.10. The van der Waals surface area contributed by atoms with Crippen LogP contribution in [0.4, 0.5) is 4.39 Å². The van der Waals surface area contributed by atoms with Crippen molar-refractivity contribution in [1.29, 1.82) is 0 Å². The zero-order chi connectivity index (χ0) is 21.3. The van der Waals surface area contributed by atoms with E-state index in [4.69, 9.17) is 14.2 Å². The van der Waals surface area contributed by atoms with Crippen molar-refractivity contribution in [1.82, 2.24) is 15.2 Å². The number of ether oxygens (including phenoxy) is 3. The van der Waals surface area contributed by atoms with Crippen molar-refractivity contribution in [2.75, 3.05) is 40.5 Å². The molecule has 0 bridgehead atoms. The predicted octanol–water partition coefficient (Wildman–Crippen LogP) is 3.40. The Morgan fingerprint density at radius 2 is 2.03 bits per heavy atom. The molecule has 1 fully saturated rings. The molecule has 170 valence electrons. The third kappa shape index (κ3) is 7.29. The van der Waals surface area contributed by atoms with Gasteiger partial charge < -0.3 is 24.4 Å². The number of aliphatic imine (C=N–C) groups is 1. The lowest BCUT2D eigenvalue weighted by Gasteiger charge is -2.38. The Hall–Kier alpha value is -1.98. The minimum absolute atomic E-state index is 0. The summed E-state index contributed by atoms with van der Waals surface area (Å²) in [5.41, 5.74) is 1.88. The van der Waals surface area contributed by atoms with Crippen LogP contribution < -0.4 is 10.1 Å². The van der Waals surface area contributed by atoms with E-state index in [0.717, 1.165) is 17.1 Å². The van der Waals surface area contributed by atoms with Crippen molar-refractivity contribution in [2.45, 2.75) is 25.7 Å². The highest BCUT2D eigenvalue weighted by atomic mass is 127. The molecule has 1 saturated heterocycles. The summed E-state index contributed by atoms with van der Waals surface area (Å²) in [5, 5.41) is 3.40. The van der Waals surface area contributed by atoms with Gasteiger partial charge >= 0.3 is 0 Å². The van der Waals surface area contributed by atoms with Crippen LogP contribution in [-0.4, -0.2) is 62.4 Å². The molecular formula is C22H30FIN4O3. The number of guanidine groups is 1. The SMILES string of the molecule is CN=C(NCc1cccnc1OCCOC)N1CC(C)OC(c2ccc(F)cc2)C1.I. The van der Waals surface area contributed by atoms with Crippen molar-refractivity contribution in [3.05, 3.63) is 59.5 Å². The van der Waals surface area contributed by atoms with E-state index < -0.39 is 0 Å². The van der Waals surface area contributed by atoms with Crippen molar-refractivity contribution >= 4 is 29.9 Å². The summed E-state index contributed by atoms with van der Waals surface area (Å²) in [6, 6.07) is 10.3. The van der Waals surface area contributed by atoms with E-state index in [9.17, 15) is 4.39 Å². The van der Waals surface area contributed by atoms with Gasteiger partial charge in [0.15, 0.2) is 5.96 Å². The Bertz CT molecular complexity index is 838. The molecule has 0 radical (unpaired) electrons. The van der Waals surface area contributed by atoms with Crippen molar-refractivity contribution < 1.29 is 18.6 Å². The second-order valence-corrected chi connectivity index (χ2v) is 7.10. The van der Waals surface area contributed by atoms with Crippen LogP contribution >= 0.6 is 24.0 Å². The molecule has 1 N–H and O–H groups in total. The van der Waals surface area contributed by atoms with Crippen LogP contribution in [0.2, 0.25) is 0 Å². The molecule has 31 heavy (non-hydrogen) atoms. The number of hydrogen-bond acceptors (Lipinski definition) is 5. The summed E-state index contributed by atoms with van der Waals surface area (Å²) >= 11 is 0. The number of halogens is 2. The fraction of sp³-hybridized carbons (Fsp3) is 0.455. The zero-order valence-electron chi connectivity index (χ0n) is 18.1. The van der Waals surface area contributed by atoms with Gasteiger partial charge in [0.25, 0.3) is 0 Å². The quantitative estimate of drug-likeness (QED) is 0.250. The lowest BCUT2D eigenvalue weighted by Crippen LogP contribution is -2.50. The van der Waals surface area contributed by atoms with E-state index in [0.29, 0.717) is 38.7 Å². The molecule has 1 aliphatic rings. The third-order valence-electron chi connectivity index (χ3n) is 4.83. The van der Waals surface area contributed by atoms with Crippen LogP contribution in [-0.2, 0) is 16.0 Å². The first-order valence-electron chi connectivity index (χ1n) is 10.0. The molecule has 9 heteroatoms. The van der Waals surface area contributed by atoms with Crippen LogP contribution in [0.1, 0.15) is 24.2 Å². The molecule has 0 amide bonds. The molecule has 3 rings (SSSR count). The molecule has 1 aliphatic heterocycles. The van der Waals surface area contributed by atoms with Gasteiger partial charge in [0.1, 0.15) is 18.5 Å². The van der Waals surface area contributed by atoms with E-state index in [2.05, 4.69) is 20.2 Å². The smallest absolute Gasteiger partial charge is 0.218 e. The molecule has 2 atom stereocenters. The standard InChI is InChI=1S/C22H29FN4O3.HI/c1-16-14-27(15-20(30-16)17-6-8-19(23)9-7-17)22(24-2)26-13-18-5-4-10-25-21(18)29-12-11-28-3;/h4-10,16,20H,11-15H2,1-3H3,(H,24,26);1H. The summed E-state index contributed by atoms with van der Waals surface area (Å²) in [7, 11) is 3.39. The first-order valence-corrected chi connectivity index (χ1v) is 10.0. The number of morpholine rings is 1. The maximum Gasteiger partial charge on any atom is 0.218 e. The summed E-state index contributed by atoms with van der Waals surface area (Å²) < 4.78 is 30.1. The zero-order valence-corrected chi connectivity index (χ0v) is 20.4. The van der Waals surface area contributed by atoms with Gasteiger partial charge in [0.2, 0.25) is 5.88 Å². The van der Waals surface area contributed by atoms with E-state index in [-0.39, 0.29) is 42.0 Å². The first kappa shape index (κ1) is 25.3. The maximum atomic E-state index is 13.3. The number of pyridine rings is 1. The average molecular weight is 544 g/mol. The fourth-order valence-corrected chi connectivity index (χ4v) is 3.40. The highest BCUT2D eigenvalue weighted by Crippen LogP contribution is 2.25. The minimum Gasteiger partial charge on any atom is -0.475 e. The molecule has 1 aromatic heterocycles. The predicted molar refractivity (Wildman–Crippen MR) is 128 cm³/mol. The monoisotopic (exact) mass is 544 g/mol. The Morgan fingerprint density at radius 1 is 1.26 bits per heavy atom. The number of rotatable bonds is 7. The van der Waals surface area contributed by atoms with E-state index in [1.807, 2.05) is 19.1 Å². The number of benzene rings is 1.